The highest BCUT2D eigenvalue weighted by atomic mass is 19.2. The Morgan fingerprint density at radius 2 is 1.83 bits per heavy atom. The molecule has 92 valence electrons. The van der Waals surface area contributed by atoms with Gasteiger partial charge in [0.2, 0.25) is 0 Å². The number of halogens is 2. The maximum absolute atomic E-state index is 13.4. The van der Waals surface area contributed by atoms with E-state index in [-0.39, 0.29) is 12.0 Å². The van der Waals surface area contributed by atoms with E-state index < -0.39 is 17.4 Å². The van der Waals surface area contributed by atoms with Gasteiger partial charge < -0.3 is 5.73 Å². The molecule has 0 bridgehead atoms. The first-order valence-electron chi connectivity index (χ1n) is 5.39. The van der Waals surface area contributed by atoms with Crippen LogP contribution in [0.5, 0.6) is 0 Å². The van der Waals surface area contributed by atoms with Gasteiger partial charge in [-0.2, -0.15) is 0 Å². The Morgan fingerprint density at radius 3 is 2.56 bits per heavy atom. The van der Waals surface area contributed by atoms with Crippen molar-refractivity contribution in [2.75, 3.05) is 5.73 Å². The van der Waals surface area contributed by atoms with E-state index in [0.29, 0.717) is 11.3 Å². The monoisotopic (exact) mass is 247 g/mol. The molecule has 0 spiro atoms. The summed E-state index contributed by atoms with van der Waals surface area (Å²) in [7, 11) is 0. The lowest BCUT2D eigenvalue weighted by atomic mass is 10.0. The van der Waals surface area contributed by atoms with Crippen molar-refractivity contribution < 1.29 is 13.6 Å². The van der Waals surface area contributed by atoms with Crippen molar-refractivity contribution in [3.05, 3.63) is 65.2 Å². The molecule has 0 aliphatic heterocycles. The summed E-state index contributed by atoms with van der Waals surface area (Å²) in [5, 5.41) is 0. The van der Waals surface area contributed by atoms with E-state index in [1.807, 2.05) is 0 Å². The number of benzene rings is 2. The maximum Gasteiger partial charge on any atom is 0.170 e. The van der Waals surface area contributed by atoms with Crippen LogP contribution in [-0.4, -0.2) is 5.78 Å². The molecule has 0 fully saturated rings. The van der Waals surface area contributed by atoms with E-state index in [1.54, 1.807) is 24.3 Å². The number of carbonyl (C=O) groups is 1. The lowest BCUT2D eigenvalue weighted by molar-refractivity contribution is 0.0988. The summed E-state index contributed by atoms with van der Waals surface area (Å²) < 4.78 is 26.4. The molecule has 0 saturated heterocycles. The van der Waals surface area contributed by atoms with Crippen LogP contribution in [0.25, 0.3) is 0 Å². The molecule has 0 atom stereocenters. The predicted molar refractivity (Wildman–Crippen MR) is 65.2 cm³/mol. The number of nitrogens with two attached hydrogens (primary N) is 1. The number of carbonyl (C=O) groups excluding carboxylic acids is 1. The van der Waals surface area contributed by atoms with Crippen LogP contribution in [0, 0.1) is 11.6 Å². The molecular weight excluding hydrogens is 236 g/mol. The van der Waals surface area contributed by atoms with Crippen molar-refractivity contribution >= 4 is 11.5 Å². The molecule has 0 aromatic heterocycles. The summed E-state index contributed by atoms with van der Waals surface area (Å²) in [6.45, 7) is 0. The Bertz CT molecular complexity index is 596. The van der Waals surface area contributed by atoms with Crippen LogP contribution in [0.2, 0.25) is 0 Å². The lowest BCUT2D eigenvalue weighted by Gasteiger charge is -2.04. The molecule has 0 aliphatic rings. The fourth-order valence-corrected chi connectivity index (χ4v) is 1.70. The number of hydrogen-bond donors (Lipinski definition) is 1. The third kappa shape index (κ3) is 2.53. The molecule has 2 aromatic carbocycles. The van der Waals surface area contributed by atoms with Crippen LogP contribution in [0.3, 0.4) is 0 Å². The number of rotatable bonds is 3. The van der Waals surface area contributed by atoms with Crippen LogP contribution in [0.1, 0.15) is 15.9 Å². The zero-order chi connectivity index (χ0) is 13.1. The van der Waals surface area contributed by atoms with E-state index >= 15 is 0 Å². The maximum atomic E-state index is 13.4. The zero-order valence-electron chi connectivity index (χ0n) is 9.49. The number of Topliss-reactive ketones (excluding diaryl/α,β-unsaturated/α-hetero) is 1. The van der Waals surface area contributed by atoms with Crippen LogP contribution >= 0.6 is 0 Å². The second-order valence-corrected chi connectivity index (χ2v) is 3.95. The van der Waals surface area contributed by atoms with Crippen LogP contribution in [0.15, 0.2) is 42.5 Å². The number of hydrogen-bond acceptors (Lipinski definition) is 2. The first-order chi connectivity index (χ1) is 8.58. The number of anilines is 1. The van der Waals surface area contributed by atoms with E-state index in [1.165, 1.54) is 12.1 Å². The van der Waals surface area contributed by atoms with E-state index in [0.717, 1.165) is 6.07 Å². The SMILES string of the molecule is Nc1cccc(CC(=O)c2cccc(F)c2F)c1. The van der Waals surface area contributed by atoms with E-state index in [9.17, 15) is 13.6 Å². The summed E-state index contributed by atoms with van der Waals surface area (Å²) in [5.74, 6) is -2.60. The van der Waals surface area contributed by atoms with Crippen molar-refractivity contribution in [3.63, 3.8) is 0 Å². The van der Waals surface area contributed by atoms with Crippen molar-refractivity contribution in [1.29, 1.82) is 0 Å². The average Bonchev–Trinajstić information content (AvgIpc) is 2.32. The number of nitrogen functional groups attached to an aromatic ring is 1. The van der Waals surface area contributed by atoms with Gasteiger partial charge in [0.05, 0.1) is 5.56 Å². The van der Waals surface area contributed by atoms with Gasteiger partial charge in [-0.15, -0.1) is 0 Å². The molecule has 2 N–H and O–H groups in total. The molecule has 0 heterocycles. The molecule has 18 heavy (non-hydrogen) atoms. The second kappa shape index (κ2) is 4.96. The fraction of sp³-hybridized carbons (Fsp3) is 0.0714. The lowest BCUT2D eigenvalue weighted by Crippen LogP contribution is -2.07. The first kappa shape index (κ1) is 12.2. The normalized spacial score (nSPS) is 10.3. The highest BCUT2D eigenvalue weighted by Crippen LogP contribution is 2.15. The minimum Gasteiger partial charge on any atom is -0.399 e. The highest BCUT2D eigenvalue weighted by molar-refractivity contribution is 5.97. The van der Waals surface area contributed by atoms with Crippen LogP contribution in [-0.2, 0) is 6.42 Å². The van der Waals surface area contributed by atoms with Gasteiger partial charge in [-0.3, -0.25) is 4.79 Å². The Balaban J connectivity index is 2.25. The van der Waals surface area contributed by atoms with Crippen molar-refractivity contribution in [2.24, 2.45) is 0 Å². The van der Waals surface area contributed by atoms with Gasteiger partial charge in [-0.1, -0.05) is 18.2 Å². The largest absolute Gasteiger partial charge is 0.399 e. The molecule has 0 amide bonds. The topological polar surface area (TPSA) is 43.1 Å². The van der Waals surface area contributed by atoms with Gasteiger partial charge in [-0.25, -0.2) is 8.78 Å². The third-order valence-electron chi connectivity index (χ3n) is 2.57. The fourth-order valence-electron chi connectivity index (χ4n) is 1.70. The van der Waals surface area contributed by atoms with Gasteiger partial charge in [0.1, 0.15) is 0 Å². The molecular formula is C14H11F2NO. The van der Waals surface area contributed by atoms with Crippen molar-refractivity contribution in [2.45, 2.75) is 6.42 Å². The molecule has 0 aliphatic carbocycles. The summed E-state index contributed by atoms with van der Waals surface area (Å²) in [6, 6.07) is 10.3. The van der Waals surface area contributed by atoms with E-state index in [2.05, 4.69) is 0 Å². The van der Waals surface area contributed by atoms with Crippen LogP contribution in [0.4, 0.5) is 14.5 Å². The smallest absolute Gasteiger partial charge is 0.170 e. The predicted octanol–water partition coefficient (Wildman–Crippen LogP) is 2.97. The standard InChI is InChI=1S/C14H11F2NO/c15-12-6-2-5-11(14(12)16)13(18)8-9-3-1-4-10(17)7-9/h1-7H,8,17H2. The highest BCUT2D eigenvalue weighted by Gasteiger charge is 2.15. The van der Waals surface area contributed by atoms with Gasteiger partial charge in [0, 0.05) is 12.1 Å². The van der Waals surface area contributed by atoms with Gasteiger partial charge in [-0.05, 0) is 29.8 Å². The molecule has 0 saturated carbocycles. The summed E-state index contributed by atoms with van der Waals surface area (Å²) in [6.07, 6.45) is -0.00852. The molecule has 2 nitrogen and oxygen atoms in total. The Morgan fingerprint density at radius 1 is 1.11 bits per heavy atom. The molecule has 0 unspecified atom stereocenters. The summed E-state index contributed by atoms with van der Waals surface area (Å²) >= 11 is 0. The van der Waals surface area contributed by atoms with Gasteiger partial charge >= 0.3 is 0 Å². The third-order valence-corrected chi connectivity index (χ3v) is 2.57. The molecule has 2 rings (SSSR count). The zero-order valence-corrected chi connectivity index (χ0v) is 9.49. The molecule has 0 radical (unpaired) electrons. The van der Waals surface area contributed by atoms with Crippen LogP contribution < -0.4 is 5.73 Å². The second-order valence-electron chi connectivity index (χ2n) is 3.95. The summed E-state index contributed by atoms with van der Waals surface area (Å²) in [4.78, 5) is 11.9. The summed E-state index contributed by atoms with van der Waals surface area (Å²) in [5.41, 5.74) is 6.54. The van der Waals surface area contributed by atoms with Crippen molar-refractivity contribution in [1.82, 2.24) is 0 Å². The molecule has 2 aromatic rings. The Kier molecular flexibility index (Phi) is 3.37. The Hall–Kier alpha value is -2.23. The average molecular weight is 247 g/mol. The van der Waals surface area contributed by atoms with Gasteiger partial charge in [0.15, 0.2) is 17.4 Å². The van der Waals surface area contributed by atoms with Gasteiger partial charge in [0.25, 0.3) is 0 Å². The first-order valence-corrected chi connectivity index (χ1v) is 5.39. The minimum absolute atomic E-state index is 0.00852. The van der Waals surface area contributed by atoms with Crippen molar-refractivity contribution in [3.8, 4) is 0 Å². The Labute approximate surface area is 103 Å². The molecule has 4 heteroatoms. The van der Waals surface area contributed by atoms with E-state index in [4.69, 9.17) is 5.73 Å². The minimum atomic E-state index is -1.11. The quantitative estimate of drug-likeness (QED) is 0.669. The number of ketones is 1.